The van der Waals surface area contributed by atoms with Gasteiger partial charge in [0.1, 0.15) is 17.5 Å². The third-order valence-electron chi connectivity index (χ3n) is 1.50. The Labute approximate surface area is 80.2 Å². The Morgan fingerprint density at radius 2 is 1.54 bits per heavy atom. The molecule has 0 aromatic heterocycles. The van der Waals surface area contributed by atoms with Gasteiger partial charge in [-0.25, -0.2) is 13.2 Å². The fourth-order valence-corrected chi connectivity index (χ4v) is 0.955. The first-order valence-corrected chi connectivity index (χ1v) is 3.48. The van der Waals surface area contributed by atoms with Crippen LogP contribution in [0.15, 0.2) is 12.1 Å². The van der Waals surface area contributed by atoms with Gasteiger partial charge in [0.2, 0.25) is 0 Å². The molecule has 0 radical (unpaired) electrons. The van der Waals surface area contributed by atoms with Gasteiger partial charge in [-0.05, 0) is 13.0 Å². The van der Waals surface area contributed by atoms with Crippen LogP contribution >= 0.6 is 12.4 Å². The molecule has 0 atom stereocenters. The SMILES string of the molecule is Cl.NCCc1c(F)cc(F)cc1F. The summed E-state index contributed by atoms with van der Waals surface area (Å²) in [5, 5.41) is 0. The molecule has 0 aliphatic carbocycles. The fraction of sp³-hybridized carbons (Fsp3) is 0.250. The highest BCUT2D eigenvalue weighted by Crippen LogP contribution is 2.14. The molecule has 1 aromatic rings. The molecule has 1 rings (SSSR count). The van der Waals surface area contributed by atoms with Crippen LogP contribution in [0.3, 0.4) is 0 Å². The summed E-state index contributed by atoms with van der Waals surface area (Å²) in [7, 11) is 0. The van der Waals surface area contributed by atoms with Crippen molar-refractivity contribution in [3.63, 3.8) is 0 Å². The Bertz CT molecular complexity index is 268. The third kappa shape index (κ3) is 2.90. The van der Waals surface area contributed by atoms with E-state index in [1.807, 2.05) is 0 Å². The molecule has 1 nitrogen and oxygen atoms in total. The molecule has 1 aromatic carbocycles. The van der Waals surface area contributed by atoms with E-state index in [1.54, 1.807) is 0 Å². The monoisotopic (exact) mass is 211 g/mol. The van der Waals surface area contributed by atoms with Gasteiger partial charge in [0.05, 0.1) is 0 Å². The average Bonchev–Trinajstić information content (AvgIpc) is 1.96. The minimum absolute atomic E-state index is 0. The van der Waals surface area contributed by atoms with Gasteiger partial charge < -0.3 is 5.73 Å². The summed E-state index contributed by atoms with van der Waals surface area (Å²) in [5.74, 6) is -2.67. The van der Waals surface area contributed by atoms with Crippen LogP contribution in [0.25, 0.3) is 0 Å². The van der Waals surface area contributed by atoms with Crippen molar-refractivity contribution in [2.45, 2.75) is 6.42 Å². The second kappa shape index (κ2) is 5.09. The molecular formula is C8H9ClF3N. The molecule has 13 heavy (non-hydrogen) atoms. The first-order valence-electron chi connectivity index (χ1n) is 3.48. The van der Waals surface area contributed by atoms with E-state index in [1.165, 1.54) is 0 Å². The maximum atomic E-state index is 12.8. The van der Waals surface area contributed by atoms with Crippen LogP contribution in [0.5, 0.6) is 0 Å². The number of rotatable bonds is 2. The Balaban J connectivity index is 0.00000144. The van der Waals surface area contributed by atoms with Crippen LogP contribution < -0.4 is 5.73 Å². The van der Waals surface area contributed by atoms with Crippen LogP contribution in [0.4, 0.5) is 13.2 Å². The van der Waals surface area contributed by atoms with Crippen molar-refractivity contribution in [1.29, 1.82) is 0 Å². The summed E-state index contributed by atoms with van der Waals surface area (Å²) in [6, 6.07) is 1.29. The van der Waals surface area contributed by atoms with E-state index in [0.717, 1.165) is 0 Å². The smallest absolute Gasteiger partial charge is 0.132 e. The topological polar surface area (TPSA) is 26.0 Å². The normalized spacial score (nSPS) is 9.54. The summed E-state index contributed by atoms with van der Waals surface area (Å²) < 4.78 is 37.9. The maximum absolute atomic E-state index is 12.8. The van der Waals surface area contributed by atoms with Gasteiger partial charge in [-0.1, -0.05) is 0 Å². The number of benzene rings is 1. The quantitative estimate of drug-likeness (QED) is 0.796. The van der Waals surface area contributed by atoms with E-state index in [-0.39, 0.29) is 30.9 Å². The second-order valence-corrected chi connectivity index (χ2v) is 2.39. The summed E-state index contributed by atoms with van der Waals surface area (Å²) in [5.41, 5.74) is 4.96. The Kier molecular flexibility index (Phi) is 4.80. The summed E-state index contributed by atoms with van der Waals surface area (Å²) >= 11 is 0. The van der Waals surface area contributed by atoms with E-state index >= 15 is 0 Å². The summed E-state index contributed by atoms with van der Waals surface area (Å²) in [6.07, 6.45) is 0.0813. The molecule has 0 bridgehead atoms. The zero-order valence-corrected chi connectivity index (χ0v) is 7.50. The Hall–Kier alpha value is -0.740. The summed E-state index contributed by atoms with van der Waals surface area (Å²) in [4.78, 5) is 0. The zero-order chi connectivity index (χ0) is 9.14. The van der Waals surface area contributed by atoms with Gasteiger partial charge in [-0.3, -0.25) is 0 Å². The Morgan fingerprint density at radius 3 is 1.92 bits per heavy atom. The molecule has 0 spiro atoms. The van der Waals surface area contributed by atoms with Crippen LogP contribution in [0.1, 0.15) is 5.56 Å². The van der Waals surface area contributed by atoms with Gasteiger partial charge in [0.25, 0.3) is 0 Å². The maximum Gasteiger partial charge on any atom is 0.132 e. The first-order chi connectivity index (χ1) is 5.65. The van der Waals surface area contributed by atoms with Gasteiger partial charge in [-0.2, -0.15) is 0 Å². The van der Waals surface area contributed by atoms with Crippen LogP contribution in [0.2, 0.25) is 0 Å². The van der Waals surface area contributed by atoms with Crippen molar-refractivity contribution in [3.8, 4) is 0 Å². The zero-order valence-electron chi connectivity index (χ0n) is 6.69. The molecule has 0 saturated heterocycles. The molecule has 0 aliphatic heterocycles. The van der Waals surface area contributed by atoms with Crippen LogP contribution in [-0.2, 0) is 6.42 Å². The van der Waals surface area contributed by atoms with E-state index in [0.29, 0.717) is 12.1 Å². The summed E-state index contributed by atoms with van der Waals surface area (Å²) in [6.45, 7) is 0.138. The molecule has 0 amide bonds. The third-order valence-corrected chi connectivity index (χ3v) is 1.50. The van der Waals surface area contributed by atoms with Gasteiger partial charge in [0, 0.05) is 17.7 Å². The van der Waals surface area contributed by atoms with Gasteiger partial charge >= 0.3 is 0 Å². The number of hydrogen-bond donors (Lipinski definition) is 1. The molecule has 2 N–H and O–H groups in total. The van der Waals surface area contributed by atoms with Crippen molar-refractivity contribution >= 4 is 12.4 Å². The minimum atomic E-state index is -0.911. The van der Waals surface area contributed by atoms with Crippen molar-refractivity contribution in [1.82, 2.24) is 0 Å². The molecule has 0 fully saturated rings. The predicted octanol–water partition coefficient (Wildman–Crippen LogP) is 2.03. The lowest BCUT2D eigenvalue weighted by Crippen LogP contribution is -2.07. The van der Waals surface area contributed by atoms with Crippen molar-refractivity contribution < 1.29 is 13.2 Å². The highest BCUT2D eigenvalue weighted by molar-refractivity contribution is 5.85. The largest absolute Gasteiger partial charge is 0.330 e. The number of hydrogen-bond acceptors (Lipinski definition) is 1. The van der Waals surface area contributed by atoms with Crippen molar-refractivity contribution in [2.75, 3.05) is 6.54 Å². The van der Waals surface area contributed by atoms with E-state index < -0.39 is 17.5 Å². The van der Waals surface area contributed by atoms with Crippen molar-refractivity contribution in [3.05, 3.63) is 35.1 Å². The fourth-order valence-electron chi connectivity index (χ4n) is 0.955. The minimum Gasteiger partial charge on any atom is -0.330 e. The highest BCUT2D eigenvalue weighted by atomic mass is 35.5. The molecular weight excluding hydrogens is 203 g/mol. The van der Waals surface area contributed by atoms with E-state index in [4.69, 9.17) is 5.73 Å². The number of halogens is 4. The molecule has 0 unspecified atom stereocenters. The lowest BCUT2D eigenvalue weighted by atomic mass is 10.1. The second-order valence-electron chi connectivity index (χ2n) is 2.39. The van der Waals surface area contributed by atoms with Crippen molar-refractivity contribution in [2.24, 2.45) is 5.73 Å². The molecule has 0 aliphatic rings. The average molecular weight is 212 g/mol. The van der Waals surface area contributed by atoms with Gasteiger partial charge in [-0.15, -0.1) is 12.4 Å². The van der Waals surface area contributed by atoms with Crippen LogP contribution in [-0.4, -0.2) is 6.54 Å². The Morgan fingerprint density at radius 1 is 1.08 bits per heavy atom. The van der Waals surface area contributed by atoms with E-state index in [2.05, 4.69) is 0 Å². The lowest BCUT2D eigenvalue weighted by molar-refractivity contribution is 0.524. The van der Waals surface area contributed by atoms with Gasteiger partial charge in [0.15, 0.2) is 0 Å². The predicted molar refractivity (Wildman–Crippen MR) is 46.3 cm³/mol. The highest BCUT2D eigenvalue weighted by Gasteiger charge is 2.09. The van der Waals surface area contributed by atoms with E-state index in [9.17, 15) is 13.2 Å². The first kappa shape index (κ1) is 12.3. The molecule has 0 heterocycles. The molecule has 0 saturated carbocycles. The lowest BCUT2D eigenvalue weighted by Gasteiger charge is -2.02. The standard InChI is InChI=1S/C8H8F3N.ClH/c9-5-3-7(10)6(1-2-12)8(11)4-5;/h3-4H,1-2,12H2;1H. The molecule has 5 heteroatoms. The van der Waals surface area contributed by atoms with Crippen LogP contribution in [0, 0.1) is 17.5 Å². The molecule has 74 valence electrons. The number of nitrogens with two attached hydrogens (primary N) is 1.